The van der Waals surface area contributed by atoms with E-state index in [4.69, 9.17) is 0 Å². The summed E-state index contributed by atoms with van der Waals surface area (Å²) < 4.78 is 0. The zero-order chi connectivity index (χ0) is 5.82. The predicted octanol–water partition coefficient (Wildman–Crippen LogP) is 1.41. The summed E-state index contributed by atoms with van der Waals surface area (Å²) in [5.41, 5.74) is 1.30. The zero-order valence-corrected chi connectivity index (χ0v) is 4.80. The van der Waals surface area contributed by atoms with Gasteiger partial charge in [-0.1, -0.05) is 30.3 Å². The molecule has 9 heavy (non-hydrogen) atoms. The van der Waals surface area contributed by atoms with E-state index in [1.165, 1.54) is 5.56 Å². The monoisotopic (exact) mass is 113 g/mol. The molecule has 0 aromatic heterocycles. The van der Waals surface area contributed by atoms with Crippen molar-refractivity contribution in [1.29, 1.82) is 0 Å². The van der Waals surface area contributed by atoms with Gasteiger partial charge in [0.2, 0.25) is 0 Å². The van der Waals surface area contributed by atoms with E-state index in [0.717, 1.165) is 6.42 Å². The second-order valence-electron chi connectivity index (χ2n) is 1.74. The Kier molecular flexibility index (Phi) is 4.58. The molecule has 0 unspecified atom stereocenters. The van der Waals surface area contributed by atoms with Crippen LogP contribution in [0, 0.1) is 6.92 Å². The van der Waals surface area contributed by atoms with Crippen LogP contribution in [0.25, 0.3) is 0 Å². The number of benzene rings is 1. The number of hydrogen-bond acceptors (Lipinski definition) is 0. The van der Waals surface area contributed by atoms with E-state index in [9.17, 15) is 0 Å². The first-order valence-corrected chi connectivity index (χ1v) is 2.76. The summed E-state index contributed by atoms with van der Waals surface area (Å²) in [6, 6.07) is 10.2. The van der Waals surface area contributed by atoms with Crippen molar-refractivity contribution in [2.75, 3.05) is 0 Å². The molecule has 0 bridgehead atoms. The van der Waals surface area contributed by atoms with Crippen molar-refractivity contribution in [3.05, 3.63) is 42.8 Å². The van der Waals surface area contributed by atoms with Crippen molar-refractivity contribution >= 4 is 18.9 Å². The number of rotatable bonds is 1. The van der Waals surface area contributed by atoms with Crippen LogP contribution in [0.3, 0.4) is 0 Å². The van der Waals surface area contributed by atoms with Crippen LogP contribution in [0.4, 0.5) is 0 Å². The molecule has 0 nitrogen and oxygen atoms in total. The molecule has 1 heteroatoms. The van der Waals surface area contributed by atoms with Gasteiger partial charge < -0.3 is 0 Å². The first kappa shape index (κ1) is 8.82. The summed E-state index contributed by atoms with van der Waals surface area (Å²) in [5.74, 6) is 0. The van der Waals surface area contributed by atoms with E-state index in [0.29, 0.717) is 0 Å². The van der Waals surface area contributed by atoms with E-state index in [1.54, 1.807) is 0 Å². The molecule has 1 aromatic carbocycles. The fourth-order valence-corrected chi connectivity index (χ4v) is 0.645. The molecule has 0 fully saturated rings. The minimum absolute atomic E-state index is 0. The maximum atomic E-state index is 3.76. The van der Waals surface area contributed by atoms with Crippen LogP contribution < -0.4 is 0 Å². The summed E-state index contributed by atoms with van der Waals surface area (Å²) in [6.07, 6.45) is 0.890. The molecule has 0 aliphatic carbocycles. The van der Waals surface area contributed by atoms with Gasteiger partial charge in [-0.3, -0.25) is 0 Å². The van der Waals surface area contributed by atoms with Gasteiger partial charge in [0.05, 0.1) is 0 Å². The molecule has 1 radical (unpaired) electrons. The van der Waals surface area contributed by atoms with E-state index < -0.39 is 0 Å². The van der Waals surface area contributed by atoms with Crippen molar-refractivity contribution in [2.24, 2.45) is 0 Å². The minimum atomic E-state index is 0. The van der Waals surface area contributed by atoms with E-state index in [-0.39, 0.29) is 18.9 Å². The van der Waals surface area contributed by atoms with Crippen molar-refractivity contribution in [3.63, 3.8) is 0 Å². The fourth-order valence-electron chi connectivity index (χ4n) is 0.645. The van der Waals surface area contributed by atoms with Crippen LogP contribution in [0.15, 0.2) is 30.3 Å². The molecule has 0 saturated carbocycles. The standard InChI is InChI=1S/C8H9.Li.H/c1-2-8-6-4-3-5-7-8;;/h3-7H,1-2H2;;. The summed E-state index contributed by atoms with van der Waals surface area (Å²) >= 11 is 0. The van der Waals surface area contributed by atoms with Gasteiger partial charge in [0, 0.05) is 0 Å². The summed E-state index contributed by atoms with van der Waals surface area (Å²) in [5, 5.41) is 0. The molecule has 0 atom stereocenters. The van der Waals surface area contributed by atoms with Crippen molar-refractivity contribution in [2.45, 2.75) is 6.42 Å². The van der Waals surface area contributed by atoms with E-state index >= 15 is 0 Å². The topological polar surface area (TPSA) is 0 Å². The second kappa shape index (κ2) is 4.67. The molecular weight excluding hydrogens is 103 g/mol. The van der Waals surface area contributed by atoms with Crippen LogP contribution in [0.5, 0.6) is 0 Å². The van der Waals surface area contributed by atoms with Gasteiger partial charge in [0.1, 0.15) is 0 Å². The van der Waals surface area contributed by atoms with Gasteiger partial charge in [-0.05, 0) is 18.9 Å². The Morgan fingerprint density at radius 2 is 1.67 bits per heavy atom. The molecule has 0 saturated heterocycles. The van der Waals surface area contributed by atoms with Gasteiger partial charge in [-0.2, -0.15) is 0 Å². The average Bonchev–Trinajstić information content (AvgIpc) is 1.90. The first-order chi connectivity index (χ1) is 3.93. The van der Waals surface area contributed by atoms with Crippen molar-refractivity contribution in [3.8, 4) is 0 Å². The Morgan fingerprint density at radius 1 is 1.11 bits per heavy atom. The Bertz CT molecular complexity index is 146. The molecule has 43 valence electrons. The molecule has 0 N–H and O–H groups in total. The Morgan fingerprint density at radius 3 is 2.00 bits per heavy atom. The van der Waals surface area contributed by atoms with Gasteiger partial charge in [-0.15, -0.1) is 0 Å². The van der Waals surface area contributed by atoms with Crippen LogP contribution in [-0.2, 0) is 6.42 Å². The quantitative estimate of drug-likeness (QED) is 0.483. The summed E-state index contributed by atoms with van der Waals surface area (Å²) in [6.45, 7) is 3.76. The van der Waals surface area contributed by atoms with Crippen LogP contribution in [-0.4, -0.2) is 18.9 Å². The third kappa shape index (κ3) is 2.74. The van der Waals surface area contributed by atoms with Gasteiger partial charge in [0.25, 0.3) is 0 Å². The molecule has 0 spiro atoms. The third-order valence-electron chi connectivity index (χ3n) is 1.13. The molecule has 1 aromatic rings. The fraction of sp³-hybridized carbons (Fsp3) is 0.125. The molecule has 0 heterocycles. The van der Waals surface area contributed by atoms with Crippen molar-refractivity contribution < 1.29 is 0 Å². The Balaban J connectivity index is 0.000000640. The van der Waals surface area contributed by atoms with Crippen LogP contribution in [0.1, 0.15) is 5.56 Å². The zero-order valence-electron chi connectivity index (χ0n) is 4.80. The molecule has 0 aliphatic rings. The van der Waals surface area contributed by atoms with E-state index in [2.05, 4.69) is 19.1 Å². The average molecular weight is 113 g/mol. The predicted molar refractivity (Wildman–Crippen MR) is 42.7 cm³/mol. The van der Waals surface area contributed by atoms with Gasteiger partial charge >= 0.3 is 18.9 Å². The molecule has 0 amide bonds. The van der Waals surface area contributed by atoms with Crippen molar-refractivity contribution in [1.82, 2.24) is 0 Å². The molecule has 0 aliphatic heterocycles. The molecule has 1 rings (SSSR count). The summed E-state index contributed by atoms with van der Waals surface area (Å²) in [7, 11) is 0. The third-order valence-corrected chi connectivity index (χ3v) is 1.13. The number of hydrogen-bond donors (Lipinski definition) is 0. The molecular formula is C8H10Li. The van der Waals surface area contributed by atoms with E-state index in [1.807, 2.05) is 18.2 Å². The van der Waals surface area contributed by atoms with Gasteiger partial charge in [0.15, 0.2) is 0 Å². The Labute approximate surface area is 68.5 Å². The first-order valence-electron chi connectivity index (χ1n) is 2.76. The SMILES string of the molecule is [CH2]Cc1ccccc1.[LiH]. The maximum absolute atomic E-state index is 3.76. The normalized spacial score (nSPS) is 8.11. The summed E-state index contributed by atoms with van der Waals surface area (Å²) in [4.78, 5) is 0. The van der Waals surface area contributed by atoms with Crippen LogP contribution in [0.2, 0.25) is 0 Å². The Hall–Kier alpha value is -0.183. The van der Waals surface area contributed by atoms with Crippen LogP contribution >= 0.6 is 0 Å². The second-order valence-corrected chi connectivity index (χ2v) is 1.74. The van der Waals surface area contributed by atoms with Gasteiger partial charge in [-0.25, -0.2) is 0 Å².